The van der Waals surface area contributed by atoms with Crippen LogP contribution in [0.3, 0.4) is 0 Å². The summed E-state index contributed by atoms with van der Waals surface area (Å²) in [7, 11) is 0. The number of nitrogens with one attached hydrogen (secondary N) is 1. The van der Waals surface area contributed by atoms with Gasteiger partial charge in [0, 0.05) is 27.3 Å². The average molecular weight is 470 g/mol. The van der Waals surface area contributed by atoms with Crippen LogP contribution in [0, 0.1) is 0 Å². The van der Waals surface area contributed by atoms with Gasteiger partial charge in [0.15, 0.2) is 16.9 Å². The number of rotatable bonds is 5. The molecule has 30 heavy (non-hydrogen) atoms. The molecule has 10 heteroatoms. The monoisotopic (exact) mass is 469 g/mol. The molecular formula is C20H21Cl2N3O4S. The molecule has 1 aromatic heterocycles. The van der Waals surface area contributed by atoms with E-state index in [9.17, 15) is 9.59 Å². The molecule has 1 N–H and O–H groups in total. The van der Waals surface area contributed by atoms with Crippen LogP contribution in [0.2, 0.25) is 10.0 Å². The molecule has 0 fully saturated rings. The van der Waals surface area contributed by atoms with E-state index in [4.69, 9.17) is 32.7 Å². The summed E-state index contributed by atoms with van der Waals surface area (Å²) in [5, 5.41) is 7.00. The number of allylic oxidation sites excluding steroid dienone is 1. The van der Waals surface area contributed by atoms with Crippen molar-refractivity contribution in [2.45, 2.75) is 26.9 Å². The smallest absolute Gasteiger partial charge is 0.347 e. The summed E-state index contributed by atoms with van der Waals surface area (Å²) in [5.74, 6) is -0.514. The number of carbonyl (C=O) groups is 2. The fraction of sp³-hybridized carbons (Fsp3) is 0.300. The van der Waals surface area contributed by atoms with E-state index >= 15 is 0 Å². The van der Waals surface area contributed by atoms with Crippen molar-refractivity contribution in [3.05, 3.63) is 62.2 Å². The van der Waals surface area contributed by atoms with Crippen molar-refractivity contribution in [1.29, 1.82) is 0 Å². The summed E-state index contributed by atoms with van der Waals surface area (Å²) >= 11 is 12.6. The minimum Gasteiger partial charge on any atom is -0.463 e. The Labute approximate surface area is 188 Å². The summed E-state index contributed by atoms with van der Waals surface area (Å²) in [6.45, 7) is 5.35. The topological polar surface area (TPSA) is 89.9 Å². The molecule has 1 aliphatic rings. The van der Waals surface area contributed by atoms with Gasteiger partial charge in [0.1, 0.15) is 0 Å². The molecule has 2 heterocycles. The third-order valence-corrected chi connectivity index (χ3v) is 4.97. The van der Waals surface area contributed by atoms with Crippen LogP contribution in [0.5, 0.6) is 0 Å². The van der Waals surface area contributed by atoms with Crippen LogP contribution in [0.25, 0.3) is 0 Å². The first-order valence-corrected chi connectivity index (χ1v) is 10.6. The van der Waals surface area contributed by atoms with Crippen LogP contribution in [0.15, 0.2) is 52.1 Å². The lowest BCUT2D eigenvalue weighted by Crippen LogP contribution is -2.33. The van der Waals surface area contributed by atoms with E-state index in [0.717, 1.165) is 5.01 Å². The molecule has 0 saturated heterocycles. The fourth-order valence-electron chi connectivity index (χ4n) is 2.25. The van der Waals surface area contributed by atoms with Crippen molar-refractivity contribution in [2.75, 3.05) is 13.2 Å². The predicted molar refractivity (Wildman–Crippen MR) is 118 cm³/mol. The maximum Gasteiger partial charge on any atom is 0.347 e. The number of esters is 2. The highest BCUT2D eigenvalue weighted by Crippen LogP contribution is 2.15. The van der Waals surface area contributed by atoms with Crippen molar-refractivity contribution in [2.24, 2.45) is 4.99 Å². The molecular weight excluding hydrogens is 449 g/mol. The lowest BCUT2D eigenvalue weighted by Gasteiger charge is -2.19. The highest BCUT2D eigenvalue weighted by molar-refractivity contribution is 7.11. The zero-order chi connectivity index (χ0) is 22.1. The van der Waals surface area contributed by atoms with E-state index in [0.29, 0.717) is 27.2 Å². The van der Waals surface area contributed by atoms with Gasteiger partial charge in [-0.1, -0.05) is 29.3 Å². The Morgan fingerprint density at radius 1 is 1.30 bits per heavy atom. The third-order valence-electron chi connectivity index (χ3n) is 3.72. The Hall–Kier alpha value is -2.42. The quantitative estimate of drug-likeness (QED) is 0.657. The number of amidine groups is 1. The minimum atomic E-state index is -0.947. The highest BCUT2D eigenvalue weighted by atomic mass is 35.5. The van der Waals surface area contributed by atoms with Gasteiger partial charge in [-0.3, -0.25) is 4.99 Å². The van der Waals surface area contributed by atoms with Crippen molar-refractivity contribution < 1.29 is 19.1 Å². The molecule has 1 aromatic carbocycles. The first-order chi connectivity index (χ1) is 14.3. The number of carbonyl (C=O) groups excluding carboxylic acids is 2. The highest BCUT2D eigenvalue weighted by Gasteiger charge is 2.25. The number of thiazole rings is 1. The molecule has 2 aromatic rings. The molecule has 0 aliphatic carbocycles. The number of benzene rings is 1. The van der Waals surface area contributed by atoms with Crippen LogP contribution in [-0.2, 0) is 19.1 Å². The molecule has 1 aliphatic heterocycles. The number of ether oxygens (including phenoxy) is 2. The SMILES string of the molecule is CCOC(=O)C(C)OC(=O)C1=C(C)NC(c2nccs2)=NC1.Clc1cccc(Cl)c1. The summed E-state index contributed by atoms with van der Waals surface area (Å²) < 4.78 is 9.91. The Balaban J connectivity index is 0.000000335. The molecule has 160 valence electrons. The van der Waals surface area contributed by atoms with E-state index in [1.165, 1.54) is 18.3 Å². The van der Waals surface area contributed by atoms with Gasteiger partial charge in [-0.05, 0) is 39.0 Å². The first kappa shape index (κ1) is 23.9. The number of hydrogen-bond donors (Lipinski definition) is 1. The van der Waals surface area contributed by atoms with Gasteiger partial charge in [0.2, 0.25) is 0 Å². The van der Waals surface area contributed by atoms with Crippen molar-refractivity contribution in [3.8, 4) is 0 Å². The number of aromatic nitrogens is 1. The predicted octanol–water partition coefficient (Wildman–Crippen LogP) is 4.26. The fourth-order valence-corrected chi connectivity index (χ4v) is 3.28. The van der Waals surface area contributed by atoms with E-state index in [-0.39, 0.29) is 13.2 Å². The molecule has 1 unspecified atom stereocenters. The number of aliphatic imine (C=N–C) groups is 1. The Bertz CT molecular complexity index is 928. The normalized spacial score (nSPS) is 14.0. The van der Waals surface area contributed by atoms with Crippen molar-refractivity contribution in [3.63, 3.8) is 0 Å². The van der Waals surface area contributed by atoms with E-state index in [1.807, 2.05) is 11.4 Å². The Morgan fingerprint density at radius 2 is 2.00 bits per heavy atom. The van der Waals surface area contributed by atoms with Crippen molar-refractivity contribution >= 4 is 52.3 Å². The second kappa shape index (κ2) is 11.7. The lowest BCUT2D eigenvalue weighted by atomic mass is 10.2. The maximum absolute atomic E-state index is 12.1. The first-order valence-electron chi connectivity index (χ1n) is 9.01. The zero-order valence-electron chi connectivity index (χ0n) is 16.6. The van der Waals surface area contributed by atoms with Gasteiger partial charge in [-0.2, -0.15) is 0 Å². The summed E-state index contributed by atoms with van der Waals surface area (Å²) in [4.78, 5) is 32.0. The van der Waals surface area contributed by atoms with Crippen LogP contribution < -0.4 is 5.32 Å². The summed E-state index contributed by atoms with van der Waals surface area (Å²) in [6, 6.07) is 7.08. The largest absolute Gasteiger partial charge is 0.463 e. The minimum absolute atomic E-state index is 0.183. The standard InChI is InChI=1S/C14H17N3O4S.C6H4Cl2/c1-4-20-13(18)9(3)21-14(19)10-7-16-11(17-8(10)2)12-15-5-6-22-12;7-5-2-1-3-6(8)4-5/h5-6,9H,4,7H2,1-3H3,(H,16,17);1-4H. The van der Waals surface area contributed by atoms with Gasteiger partial charge in [-0.25, -0.2) is 14.6 Å². The molecule has 0 radical (unpaired) electrons. The maximum atomic E-state index is 12.1. The van der Waals surface area contributed by atoms with Crippen LogP contribution in [-0.4, -0.2) is 42.0 Å². The second-order valence-corrected chi connectivity index (χ2v) is 7.74. The van der Waals surface area contributed by atoms with Gasteiger partial charge in [0.25, 0.3) is 0 Å². The van der Waals surface area contributed by atoms with Crippen LogP contribution in [0.1, 0.15) is 25.8 Å². The molecule has 1 atom stereocenters. The zero-order valence-corrected chi connectivity index (χ0v) is 19.0. The molecule has 0 saturated carbocycles. The Kier molecular flexibility index (Phi) is 9.29. The van der Waals surface area contributed by atoms with Gasteiger partial charge < -0.3 is 14.8 Å². The average Bonchev–Trinajstić information content (AvgIpc) is 3.23. The van der Waals surface area contributed by atoms with E-state index in [2.05, 4.69) is 15.3 Å². The van der Waals surface area contributed by atoms with Crippen LogP contribution in [0.4, 0.5) is 0 Å². The number of halogens is 2. The molecule has 0 amide bonds. The Morgan fingerprint density at radius 3 is 2.50 bits per heavy atom. The molecule has 7 nitrogen and oxygen atoms in total. The van der Waals surface area contributed by atoms with Gasteiger partial charge >= 0.3 is 11.9 Å². The molecule has 0 spiro atoms. The van der Waals surface area contributed by atoms with Crippen molar-refractivity contribution in [1.82, 2.24) is 10.3 Å². The third kappa shape index (κ3) is 7.12. The number of hydrogen-bond acceptors (Lipinski definition) is 8. The second-order valence-electron chi connectivity index (χ2n) is 5.97. The molecule has 3 rings (SSSR count). The summed E-state index contributed by atoms with van der Waals surface area (Å²) in [5.41, 5.74) is 1.03. The van der Waals surface area contributed by atoms with Gasteiger partial charge in [0.05, 0.1) is 18.7 Å². The summed E-state index contributed by atoms with van der Waals surface area (Å²) in [6.07, 6.45) is 0.741. The van der Waals surface area contributed by atoms with Crippen LogP contribution >= 0.6 is 34.5 Å². The van der Waals surface area contributed by atoms with E-state index < -0.39 is 18.0 Å². The van der Waals surface area contributed by atoms with E-state index in [1.54, 1.807) is 38.2 Å². The van der Waals surface area contributed by atoms with Gasteiger partial charge in [-0.15, -0.1) is 11.3 Å². The number of nitrogens with zero attached hydrogens (tertiary/aromatic N) is 2. The molecule has 0 bridgehead atoms. The lowest BCUT2D eigenvalue weighted by molar-refractivity contribution is -0.164.